The quantitative estimate of drug-likeness (QED) is 0.602. The van der Waals surface area contributed by atoms with Crippen LogP contribution in [-0.2, 0) is 9.47 Å². The van der Waals surface area contributed by atoms with Gasteiger partial charge in [0.25, 0.3) is 0 Å². The minimum absolute atomic E-state index is 0.601. The van der Waals surface area contributed by atoms with Crippen molar-refractivity contribution in [3.8, 4) is 0 Å². The second-order valence-electron chi connectivity index (χ2n) is 5.42. The molecular weight excluding hydrogens is 228 g/mol. The number of rotatable bonds is 10. The van der Waals surface area contributed by atoms with Gasteiger partial charge in [0.1, 0.15) is 0 Å². The second kappa shape index (κ2) is 9.73. The molecule has 1 N–H and O–H groups in total. The summed E-state index contributed by atoms with van der Waals surface area (Å²) in [5, 5.41) is 3.62. The summed E-state index contributed by atoms with van der Waals surface area (Å²) in [6, 6.07) is 1.30. The van der Waals surface area contributed by atoms with Crippen LogP contribution in [0.4, 0.5) is 0 Å². The van der Waals surface area contributed by atoms with E-state index in [-0.39, 0.29) is 0 Å². The highest BCUT2D eigenvalue weighted by Gasteiger charge is 2.21. The van der Waals surface area contributed by atoms with E-state index in [0.717, 1.165) is 19.6 Å². The van der Waals surface area contributed by atoms with Gasteiger partial charge in [0.05, 0.1) is 13.2 Å². The second-order valence-corrected chi connectivity index (χ2v) is 5.42. The molecule has 4 heteroatoms. The SMILES string of the molecule is COCCOCCCCN1CCC(NC(C)C)C1. The van der Waals surface area contributed by atoms with Crippen LogP contribution in [0.25, 0.3) is 0 Å². The average molecular weight is 258 g/mol. The lowest BCUT2D eigenvalue weighted by atomic mass is 10.2. The van der Waals surface area contributed by atoms with Crippen LogP contribution in [0.2, 0.25) is 0 Å². The highest BCUT2D eigenvalue weighted by Crippen LogP contribution is 2.10. The Bertz CT molecular complexity index is 200. The zero-order chi connectivity index (χ0) is 13.2. The van der Waals surface area contributed by atoms with Crippen LogP contribution >= 0.6 is 0 Å². The van der Waals surface area contributed by atoms with Crippen molar-refractivity contribution in [1.29, 1.82) is 0 Å². The molecule has 0 amide bonds. The molecule has 0 aliphatic carbocycles. The summed E-state index contributed by atoms with van der Waals surface area (Å²) in [5.41, 5.74) is 0. The predicted octanol–water partition coefficient (Wildman–Crippen LogP) is 1.50. The first-order valence-corrected chi connectivity index (χ1v) is 7.27. The molecule has 18 heavy (non-hydrogen) atoms. The van der Waals surface area contributed by atoms with E-state index in [2.05, 4.69) is 24.1 Å². The van der Waals surface area contributed by atoms with Crippen molar-refractivity contribution in [2.24, 2.45) is 0 Å². The van der Waals surface area contributed by atoms with Crippen LogP contribution in [0.15, 0.2) is 0 Å². The van der Waals surface area contributed by atoms with Crippen molar-refractivity contribution in [3.63, 3.8) is 0 Å². The van der Waals surface area contributed by atoms with E-state index in [0.29, 0.717) is 18.7 Å². The Morgan fingerprint density at radius 2 is 2.06 bits per heavy atom. The van der Waals surface area contributed by atoms with Gasteiger partial charge in [-0.05, 0) is 32.4 Å². The number of hydrogen-bond donors (Lipinski definition) is 1. The molecule has 1 heterocycles. The average Bonchev–Trinajstić information content (AvgIpc) is 2.75. The van der Waals surface area contributed by atoms with Gasteiger partial charge in [0.2, 0.25) is 0 Å². The van der Waals surface area contributed by atoms with Crippen molar-refractivity contribution >= 4 is 0 Å². The fourth-order valence-electron chi connectivity index (χ4n) is 2.43. The minimum atomic E-state index is 0.601. The Morgan fingerprint density at radius 1 is 1.22 bits per heavy atom. The maximum atomic E-state index is 5.46. The van der Waals surface area contributed by atoms with E-state index in [4.69, 9.17) is 9.47 Å². The third-order valence-electron chi connectivity index (χ3n) is 3.29. The van der Waals surface area contributed by atoms with Crippen molar-refractivity contribution in [3.05, 3.63) is 0 Å². The minimum Gasteiger partial charge on any atom is -0.382 e. The molecule has 1 aliphatic heterocycles. The van der Waals surface area contributed by atoms with Crippen LogP contribution < -0.4 is 5.32 Å². The zero-order valence-electron chi connectivity index (χ0n) is 12.3. The first-order valence-electron chi connectivity index (χ1n) is 7.27. The first-order chi connectivity index (χ1) is 8.72. The maximum absolute atomic E-state index is 5.46. The molecule has 0 aromatic heterocycles. The van der Waals surface area contributed by atoms with Gasteiger partial charge in [0, 0.05) is 32.3 Å². The van der Waals surface area contributed by atoms with E-state index in [1.54, 1.807) is 7.11 Å². The summed E-state index contributed by atoms with van der Waals surface area (Å²) in [6.45, 7) is 10.4. The smallest absolute Gasteiger partial charge is 0.0700 e. The highest BCUT2D eigenvalue weighted by molar-refractivity contribution is 4.81. The van der Waals surface area contributed by atoms with Gasteiger partial charge in [0.15, 0.2) is 0 Å². The summed E-state index contributed by atoms with van der Waals surface area (Å²) in [5.74, 6) is 0. The lowest BCUT2D eigenvalue weighted by Crippen LogP contribution is -2.37. The molecule has 1 unspecified atom stereocenters. The fraction of sp³-hybridized carbons (Fsp3) is 1.00. The zero-order valence-corrected chi connectivity index (χ0v) is 12.3. The molecule has 4 nitrogen and oxygen atoms in total. The predicted molar refractivity (Wildman–Crippen MR) is 75.0 cm³/mol. The summed E-state index contributed by atoms with van der Waals surface area (Å²) in [7, 11) is 1.71. The number of unbranched alkanes of at least 4 members (excludes halogenated alkanes) is 1. The lowest BCUT2D eigenvalue weighted by molar-refractivity contribution is 0.0679. The van der Waals surface area contributed by atoms with Crippen LogP contribution in [0.3, 0.4) is 0 Å². The van der Waals surface area contributed by atoms with Gasteiger partial charge in [-0.1, -0.05) is 13.8 Å². The largest absolute Gasteiger partial charge is 0.382 e. The Hall–Kier alpha value is -0.160. The normalized spacial score (nSPS) is 21.0. The van der Waals surface area contributed by atoms with Crippen LogP contribution in [0.1, 0.15) is 33.1 Å². The molecule has 1 rings (SSSR count). The van der Waals surface area contributed by atoms with Gasteiger partial charge in [-0.25, -0.2) is 0 Å². The summed E-state index contributed by atoms with van der Waals surface area (Å²) >= 11 is 0. The maximum Gasteiger partial charge on any atom is 0.0700 e. The lowest BCUT2D eigenvalue weighted by Gasteiger charge is -2.18. The van der Waals surface area contributed by atoms with Crippen molar-refractivity contribution in [2.45, 2.75) is 45.2 Å². The summed E-state index contributed by atoms with van der Waals surface area (Å²) in [4.78, 5) is 2.56. The summed E-state index contributed by atoms with van der Waals surface area (Å²) < 4.78 is 10.4. The van der Waals surface area contributed by atoms with Crippen LogP contribution in [-0.4, -0.2) is 63.5 Å². The number of nitrogens with one attached hydrogen (secondary N) is 1. The standard InChI is InChI=1S/C14H30N2O2/c1-13(2)15-14-6-8-16(12-14)7-4-5-9-18-11-10-17-3/h13-15H,4-12H2,1-3H3. The molecule has 1 saturated heterocycles. The van der Waals surface area contributed by atoms with Crippen molar-refractivity contribution < 1.29 is 9.47 Å². The van der Waals surface area contributed by atoms with E-state index >= 15 is 0 Å². The molecule has 0 saturated carbocycles. The molecule has 1 atom stereocenters. The number of nitrogens with zero attached hydrogens (tertiary/aromatic N) is 1. The van der Waals surface area contributed by atoms with Crippen LogP contribution in [0.5, 0.6) is 0 Å². The Kier molecular flexibility index (Phi) is 8.59. The number of hydrogen-bond acceptors (Lipinski definition) is 4. The number of ether oxygens (including phenoxy) is 2. The molecule has 108 valence electrons. The molecule has 1 fully saturated rings. The van der Waals surface area contributed by atoms with Gasteiger partial charge >= 0.3 is 0 Å². The molecule has 1 aliphatic rings. The molecular formula is C14H30N2O2. The van der Waals surface area contributed by atoms with E-state index in [1.807, 2.05) is 0 Å². The third-order valence-corrected chi connectivity index (χ3v) is 3.29. The van der Waals surface area contributed by atoms with Crippen molar-refractivity contribution in [1.82, 2.24) is 10.2 Å². The topological polar surface area (TPSA) is 33.7 Å². The van der Waals surface area contributed by atoms with E-state index in [9.17, 15) is 0 Å². The Balaban J connectivity index is 1.91. The van der Waals surface area contributed by atoms with Crippen LogP contribution in [0, 0.1) is 0 Å². The first kappa shape index (κ1) is 15.9. The van der Waals surface area contributed by atoms with Gasteiger partial charge in [-0.2, -0.15) is 0 Å². The van der Waals surface area contributed by atoms with Gasteiger partial charge in [-0.15, -0.1) is 0 Å². The van der Waals surface area contributed by atoms with E-state index in [1.165, 1.54) is 32.5 Å². The summed E-state index contributed by atoms with van der Waals surface area (Å²) in [6.07, 6.45) is 3.69. The third kappa shape index (κ3) is 7.31. The fourth-order valence-corrected chi connectivity index (χ4v) is 2.43. The highest BCUT2D eigenvalue weighted by atomic mass is 16.5. The molecule has 0 aromatic rings. The Labute approximate surface area is 112 Å². The number of likely N-dealkylation sites (tertiary alicyclic amines) is 1. The monoisotopic (exact) mass is 258 g/mol. The molecule has 0 aromatic carbocycles. The van der Waals surface area contributed by atoms with Gasteiger partial charge in [-0.3, -0.25) is 0 Å². The van der Waals surface area contributed by atoms with Gasteiger partial charge < -0.3 is 19.7 Å². The number of methoxy groups -OCH3 is 1. The van der Waals surface area contributed by atoms with Crippen molar-refractivity contribution in [2.75, 3.05) is 46.6 Å². The van der Waals surface area contributed by atoms with E-state index < -0.39 is 0 Å². The molecule has 0 spiro atoms. The molecule has 0 radical (unpaired) electrons. The Morgan fingerprint density at radius 3 is 2.78 bits per heavy atom. The molecule has 0 bridgehead atoms.